The molecule has 0 spiro atoms. The average molecular weight is 376 g/mol. The summed E-state index contributed by atoms with van der Waals surface area (Å²) in [5.41, 5.74) is -2.01. The number of benzene rings is 1. The minimum Gasteiger partial charge on any atom is -0.465 e. The van der Waals surface area contributed by atoms with E-state index in [1.165, 1.54) is 38.1 Å². The molecule has 2 nitrogen and oxygen atoms in total. The number of halogens is 7. The van der Waals surface area contributed by atoms with Crippen molar-refractivity contribution < 1.29 is 40.2 Å². The smallest absolute Gasteiger partial charge is 0.398 e. The zero-order chi connectivity index (χ0) is 19.5. The first kappa shape index (κ1) is 21.5. The fourth-order valence-corrected chi connectivity index (χ4v) is 1.99. The highest BCUT2D eigenvalue weighted by atomic mass is 19.4. The minimum absolute atomic E-state index is 0.0210. The van der Waals surface area contributed by atoms with Crippen LogP contribution in [0.15, 0.2) is 24.3 Å². The summed E-state index contributed by atoms with van der Waals surface area (Å²) in [7, 11) is 0. The first-order chi connectivity index (χ1) is 11.3. The van der Waals surface area contributed by atoms with Crippen LogP contribution in [0.2, 0.25) is 0 Å². The lowest BCUT2D eigenvalue weighted by Crippen LogP contribution is -2.38. The highest BCUT2D eigenvalue weighted by molar-refractivity contribution is 5.33. The molecule has 0 radical (unpaired) electrons. The van der Waals surface area contributed by atoms with Crippen LogP contribution in [0, 0.1) is 0 Å². The Hall–Kier alpha value is -1.51. The molecule has 1 aromatic carbocycles. The Bertz CT molecular complexity index is 542. The van der Waals surface area contributed by atoms with Gasteiger partial charge in [-0.15, -0.1) is 0 Å². The molecule has 0 amide bonds. The van der Waals surface area contributed by atoms with Crippen LogP contribution in [0.4, 0.5) is 30.7 Å². The molecule has 0 aromatic heterocycles. The number of alkyl halides is 7. The van der Waals surface area contributed by atoms with Gasteiger partial charge >= 0.3 is 18.5 Å². The summed E-state index contributed by atoms with van der Waals surface area (Å²) >= 11 is 0. The van der Waals surface area contributed by atoms with Crippen LogP contribution in [0.3, 0.4) is 0 Å². The number of hydrogen-bond donors (Lipinski definition) is 0. The maximum absolute atomic E-state index is 13.2. The van der Waals surface area contributed by atoms with Crippen LogP contribution in [-0.4, -0.2) is 31.4 Å². The maximum atomic E-state index is 13.2. The van der Waals surface area contributed by atoms with Gasteiger partial charge in [0, 0.05) is 0 Å². The molecule has 9 heteroatoms. The third-order valence-corrected chi connectivity index (χ3v) is 3.96. The lowest BCUT2D eigenvalue weighted by atomic mass is 9.79. The zero-order valence-corrected chi connectivity index (χ0v) is 13.8. The van der Waals surface area contributed by atoms with Gasteiger partial charge in [-0.05, 0) is 38.0 Å². The molecule has 0 aliphatic heterocycles. The minimum atomic E-state index is -4.44. The first-order valence-corrected chi connectivity index (χ1v) is 7.45. The third kappa shape index (κ3) is 5.23. The topological polar surface area (TPSA) is 18.5 Å². The molecule has 0 aliphatic rings. The fourth-order valence-electron chi connectivity index (χ4n) is 1.99. The Kier molecular flexibility index (Phi) is 6.72. The van der Waals surface area contributed by atoms with E-state index in [0.717, 1.165) is 6.92 Å². The van der Waals surface area contributed by atoms with Gasteiger partial charge in [0.25, 0.3) is 0 Å². The molecule has 0 heterocycles. The Morgan fingerprint density at radius 1 is 1.00 bits per heavy atom. The first-order valence-electron chi connectivity index (χ1n) is 7.45. The molecule has 0 N–H and O–H groups in total. The number of ether oxygens (including phenoxy) is 2. The molecule has 1 rings (SSSR count). The van der Waals surface area contributed by atoms with Crippen LogP contribution < -0.4 is 4.74 Å². The maximum Gasteiger partial charge on any atom is 0.398 e. The van der Waals surface area contributed by atoms with Crippen molar-refractivity contribution in [2.45, 2.75) is 57.4 Å². The number of hydrogen-bond acceptors (Lipinski definition) is 2. The molecule has 2 atom stereocenters. The predicted octanol–water partition coefficient (Wildman–Crippen LogP) is 5.56. The molecular weight excluding hydrogens is 357 g/mol. The molecule has 0 bridgehead atoms. The van der Waals surface area contributed by atoms with Gasteiger partial charge in [-0.25, -0.2) is 8.78 Å². The lowest BCUT2D eigenvalue weighted by Gasteiger charge is -2.31. The van der Waals surface area contributed by atoms with Crippen molar-refractivity contribution >= 4 is 0 Å². The molecule has 1 aromatic rings. The van der Waals surface area contributed by atoms with Gasteiger partial charge < -0.3 is 9.47 Å². The molecule has 25 heavy (non-hydrogen) atoms. The van der Waals surface area contributed by atoms with Crippen LogP contribution in [0.5, 0.6) is 5.75 Å². The summed E-state index contributed by atoms with van der Waals surface area (Å²) in [5, 5.41) is 0. The van der Waals surface area contributed by atoms with Gasteiger partial charge in [-0.3, -0.25) is 0 Å². The van der Waals surface area contributed by atoms with E-state index in [9.17, 15) is 30.7 Å². The van der Waals surface area contributed by atoms with Crippen molar-refractivity contribution in [1.29, 1.82) is 0 Å². The monoisotopic (exact) mass is 376 g/mol. The average Bonchev–Trinajstić information content (AvgIpc) is 2.51. The Labute approximate surface area is 140 Å². The van der Waals surface area contributed by atoms with Gasteiger partial charge in [0.2, 0.25) is 0 Å². The molecule has 0 saturated heterocycles. The largest absolute Gasteiger partial charge is 0.465 e. The van der Waals surface area contributed by atoms with Gasteiger partial charge in [0.05, 0.1) is 5.41 Å². The second-order valence-corrected chi connectivity index (χ2v) is 5.77. The van der Waals surface area contributed by atoms with Crippen LogP contribution in [0.1, 0.15) is 32.8 Å². The molecule has 144 valence electrons. The standard InChI is InChI=1S/C16H19F7O2/c1-4-14(3,16(21,22)23)11-5-7-12(8-6-11)25-10(2)24-9-15(19,20)13(17)18/h5-8,10,13H,4,9H2,1-3H3. The quantitative estimate of drug-likeness (QED) is 0.437. The zero-order valence-electron chi connectivity index (χ0n) is 13.8. The van der Waals surface area contributed by atoms with E-state index in [-0.39, 0.29) is 17.7 Å². The van der Waals surface area contributed by atoms with E-state index in [4.69, 9.17) is 4.74 Å². The van der Waals surface area contributed by atoms with Crippen LogP contribution in [0.25, 0.3) is 0 Å². The third-order valence-electron chi connectivity index (χ3n) is 3.96. The summed E-state index contributed by atoms with van der Waals surface area (Å²) in [5.74, 6) is -4.24. The van der Waals surface area contributed by atoms with Gasteiger partial charge in [-0.2, -0.15) is 22.0 Å². The number of rotatable bonds is 8. The molecule has 0 saturated carbocycles. The van der Waals surface area contributed by atoms with Crippen LogP contribution >= 0.6 is 0 Å². The van der Waals surface area contributed by atoms with E-state index in [0.29, 0.717) is 0 Å². The normalized spacial score (nSPS) is 16.6. The van der Waals surface area contributed by atoms with Crippen molar-refractivity contribution in [3.8, 4) is 5.75 Å². The van der Waals surface area contributed by atoms with Gasteiger partial charge in [0.1, 0.15) is 12.4 Å². The van der Waals surface area contributed by atoms with Crippen molar-refractivity contribution in [3.05, 3.63) is 29.8 Å². The van der Waals surface area contributed by atoms with Gasteiger partial charge in [-0.1, -0.05) is 19.1 Å². The second-order valence-electron chi connectivity index (χ2n) is 5.77. The summed E-state index contributed by atoms with van der Waals surface area (Å²) in [4.78, 5) is 0. The summed E-state index contributed by atoms with van der Waals surface area (Å²) in [6.45, 7) is 2.16. The van der Waals surface area contributed by atoms with Crippen molar-refractivity contribution in [2.75, 3.05) is 6.61 Å². The highest BCUT2D eigenvalue weighted by Gasteiger charge is 2.50. The van der Waals surface area contributed by atoms with E-state index in [1.54, 1.807) is 0 Å². The molecule has 0 aliphatic carbocycles. The fraction of sp³-hybridized carbons (Fsp3) is 0.625. The van der Waals surface area contributed by atoms with Crippen LogP contribution in [-0.2, 0) is 10.2 Å². The van der Waals surface area contributed by atoms with Crippen molar-refractivity contribution in [1.82, 2.24) is 0 Å². The van der Waals surface area contributed by atoms with E-state index >= 15 is 0 Å². The lowest BCUT2D eigenvalue weighted by molar-refractivity contribution is -0.196. The Balaban J connectivity index is 2.74. The Morgan fingerprint density at radius 3 is 1.92 bits per heavy atom. The van der Waals surface area contributed by atoms with E-state index < -0.39 is 36.8 Å². The summed E-state index contributed by atoms with van der Waals surface area (Å²) in [6.07, 6.45) is -9.76. The van der Waals surface area contributed by atoms with E-state index in [1.807, 2.05) is 0 Å². The molecule has 2 unspecified atom stereocenters. The highest BCUT2D eigenvalue weighted by Crippen LogP contribution is 2.43. The Morgan fingerprint density at radius 2 is 1.52 bits per heavy atom. The summed E-state index contributed by atoms with van der Waals surface area (Å²) < 4.78 is 98.7. The van der Waals surface area contributed by atoms with E-state index in [2.05, 4.69) is 4.74 Å². The summed E-state index contributed by atoms with van der Waals surface area (Å²) in [6, 6.07) is 4.90. The molecule has 0 fully saturated rings. The molecular formula is C16H19F7O2. The second kappa shape index (κ2) is 7.80. The van der Waals surface area contributed by atoms with Crippen molar-refractivity contribution in [2.24, 2.45) is 0 Å². The SMILES string of the molecule is CCC(C)(c1ccc(OC(C)OCC(F)(F)C(F)F)cc1)C(F)(F)F. The predicted molar refractivity (Wildman–Crippen MR) is 77.1 cm³/mol. The van der Waals surface area contributed by atoms with Gasteiger partial charge in [0.15, 0.2) is 6.29 Å². The van der Waals surface area contributed by atoms with Crippen molar-refractivity contribution in [3.63, 3.8) is 0 Å².